The van der Waals surface area contributed by atoms with Crippen LogP contribution < -0.4 is 0 Å². The molecule has 1 fully saturated rings. The summed E-state index contributed by atoms with van der Waals surface area (Å²) in [6.45, 7) is 1.62. The Balaban J connectivity index is 1.58. The molecule has 0 spiro atoms. The van der Waals surface area contributed by atoms with Gasteiger partial charge in [-0.3, -0.25) is 4.79 Å². The van der Waals surface area contributed by atoms with E-state index in [2.05, 4.69) is 41.3 Å². The second-order valence-electron chi connectivity index (χ2n) is 6.50. The zero-order valence-corrected chi connectivity index (χ0v) is 12.7. The van der Waals surface area contributed by atoms with E-state index in [1.54, 1.807) is 0 Å². The first kappa shape index (κ1) is 13.6. The van der Waals surface area contributed by atoms with Gasteiger partial charge in [0.1, 0.15) is 0 Å². The van der Waals surface area contributed by atoms with Gasteiger partial charge in [-0.25, -0.2) is 0 Å². The summed E-state index contributed by atoms with van der Waals surface area (Å²) in [7, 11) is 0. The van der Waals surface area contributed by atoms with Crippen molar-refractivity contribution in [3.8, 4) is 0 Å². The summed E-state index contributed by atoms with van der Waals surface area (Å²) in [5.41, 5.74) is 3.90. The molecule has 1 aliphatic heterocycles. The van der Waals surface area contributed by atoms with Crippen molar-refractivity contribution in [1.82, 2.24) is 4.90 Å². The first-order chi connectivity index (χ1) is 10.8. The van der Waals surface area contributed by atoms with E-state index in [0.29, 0.717) is 11.8 Å². The lowest BCUT2D eigenvalue weighted by atomic mass is 9.91. The second-order valence-corrected chi connectivity index (χ2v) is 6.50. The molecule has 4 rings (SSSR count). The van der Waals surface area contributed by atoms with E-state index in [-0.39, 0.29) is 5.92 Å². The van der Waals surface area contributed by atoms with Crippen LogP contribution in [0.2, 0.25) is 0 Å². The molecule has 1 atom stereocenters. The van der Waals surface area contributed by atoms with Crippen LogP contribution in [0.5, 0.6) is 0 Å². The molecular weight excluding hydrogens is 270 g/mol. The average Bonchev–Trinajstić information content (AvgIpc) is 3.40. The maximum Gasteiger partial charge on any atom is 0.230 e. The quantitative estimate of drug-likeness (QED) is 0.843. The number of hydrogen-bond acceptors (Lipinski definition) is 1. The Morgan fingerprint density at radius 2 is 1.64 bits per heavy atom. The number of carbonyl (C=O) groups is 1. The summed E-state index contributed by atoms with van der Waals surface area (Å²) in [6.07, 6.45) is 3.36. The molecule has 0 radical (unpaired) electrons. The summed E-state index contributed by atoms with van der Waals surface area (Å²) in [5.74, 6) is 0.932. The van der Waals surface area contributed by atoms with Gasteiger partial charge in [0, 0.05) is 13.1 Å². The zero-order valence-electron chi connectivity index (χ0n) is 12.7. The Hall–Kier alpha value is -2.09. The molecule has 1 aliphatic carbocycles. The van der Waals surface area contributed by atoms with Gasteiger partial charge in [-0.15, -0.1) is 0 Å². The molecule has 1 unspecified atom stereocenters. The maximum absolute atomic E-state index is 13.1. The van der Waals surface area contributed by atoms with E-state index in [0.717, 1.165) is 19.5 Å². The van der Waals surface area contributed by atoms with E-state index in [1.165, 1.54) is 29.5 Å². The summed E-state index contributed by atoms with van der Waals surface area (Å²) < 4.78 is 0. The second kappa shape index (κ2) is 5.60. The van der Waals surface area contributed by atoms with Gasteiger partial charge in [0.15, 0.2) is 0 Å². The third kappa shape index (κ3) is 2.54. The largest absolute Gasteiger partial charge is 0.337 e. The van der Waals surface area contributed by atoms with Crippen LogP contribution in [0.3, 0.4) is 0 Å². The SMILES string of the molecule is O=C(C(c1ccccc1)C1CC1)N1CCc2ccccc2C1. The molecule has 2 aliphatic rings. The Morgan fingerprint density at radius 1 is 0.955 bits per heavy atom. The predicted octanol–water partition coefficient (Wildman–Crippen LogP) is 3.77. The van der Waals surface area contributed by atoms with Crippen LogP contribution in [-0.4, -0.2) is 17.4 Å². The maximum atomic E-state index is 13.1. The van der Waals surface area contributed by atoms with Crippen LogP contribution in [0.25, 0.3) is 0 Å². The van der Waals surface area contributed by atoms with Gasteiger partial charge in [0.2, 0.25) is 5.91 Å². The Labute approximate surface area is 131 Å². The van der Waals surface area contributed by atoms with Gasteiger partial charge in [0.25, 0.3) is 0 Å². The highest BCUT2D eigenvalue weighted by Gasteiger charge is 2.39. The van der Waals surface area contributed by atoms with Crippen LogP contribution in [0.4, 0.5) is 0 Å². The van der Waals surface area contributed by atoms with Crippen molar-refractivity contribution in [2.24, 2.45) is 5.92 Å². The number of fused-ring (bicyclic) bond motifs is 1. The molecular formula is C20H21NO. The molecule has 22 heavy (non-hydrogen) atoms. The van der Waals surface area contributed by atoms with E-state index in [4.69, 9.17) is 0 Å². The minimum Gasteiger partial charge on any atom is -0.337 e. The standard InChI is InChI=1S/C20H21NO/c22-20(19(17-10-11-17)16-7-2-1-3-8-16)21-13-12-15-6-4-5-9-18(15)14-21/h1-9,17,19H,10-14H2. The van der Waals surface area contributed by atoms with Gasteiger partial charge in [-0.05, 0) is 41.9 Å². The normalized spacial score (nSPS) is 18.6. The third-order valence-corrected chi connectivity index (χ3v) is 4.96. The average molecular weight is 291 g/mol. The summed E-state index contributed by atoms with van der Waals surface area (Å²) in [6, 6.07) is 18.8. The lowest BCUT2D eigenvalue weighted by Gasteiger charge is -2.32. The van der Waals surface area contributed by atoms with Crippen molar-refractivity contribution in [1.29, 1.82) is 0 Å². The first-order valence-corrected chi connectivity index (χ1v) is 8.23. The van der Waals surface area contributed by atoms with Crippen molar-refractivity contribution in [3.05, 3.63) is 71.3 Å². The Morgan fingerprint density at radius 3 is 2.36 bits per heavy atom. The molecule has 112 valence electrons. The third-order valence-electron chi connectivity index (χ3n) is 4.96. The molecule has 0 bridgehead atoms. The number of nitrogens with zero attached hydrogens (tertiary/aromatic N) is 1. The van der Waals surface area contributed by atoms with Crippen molar-refractivity contribution in [2.45, 2.75) is 31.7 Å². The minimum atomic E-state index is 0.0615. The smallest absolute Gasteiger partial charge is 0.230 e. The van der Waals surface area contributed by atoms with Crippen molar-refractivity contribution >= 4 is 5.91 Å². The molecule has 1 amide bonds. The summed E-state index contributed by atoms with van der Waals surface area (Å²) in [5, 5.41) is 0. The number of amides is 1. The molecule has 2 aromatic rings. The number of benzene rings is 2. The minimum absolute atomic E-state index is 0.0615. The highest BCUT2D eigenvalue weighted by atomic mass is 16.2. The fourth-order valence-corrected chi connectivity index (χ4v) is 3.59. The molecule has 2 aromatic carbocycles. The van der Waals surface area contributed by atoms with E-state index in [1.807, 2.05) is 18.2 Å². The molecule has 0 aromatic heterocycles. The van der Waals surface area contributed by atoms with Gasteiger partial charge >= 0.3 is 0 Å². The van der Waals surface area contributed by atoms with Crippen molar-refractivity contribution < 1.29 is 4.79 Å². The van der Waals surface area contributed by atoms with E-state index < -0.39 is 0 Å². The van der Waals surface area contributed by atoms with E-state index >= 15 is 0 Å². The fraction of sp³-hybridized carbons (Fsp3) is 0.350. The Kier molecular flexibility index (Phi) is 3.45. The number of rotatable bonds is 3. The highest BCUT2D eigenvalue weighted by molar-refractivity contribution is 5.84. The fourth-order valence-electron chi connectivity index (χ4n) is 3.59. The van der Waals surface area contributed by atoms with Gasteiger partial charge < -0.3 is 4.90 Å². The highest BCUT2D eigenvalue weighted by Crippen LogP contribution is 2.44. The van der Waals surface area contributed by atoms with E-state index in [9.17, 15) is 4.79 Å². The topological polar surface area (TPSA) is 20.3 Å². The van der Waals surface area contributed by atoms with Gasteiger partial charge in [-0.2, -0.15) is 0 Å². The van der Waals surface area contributed by atoms with Crippen molar-refractivity contribution in [3.63, 3.8) is 0 Å². The first-order valence-electron chi connectivity index (χ1n) is 8.23. The number of carbonyl (C=O) groups excluding carboxylic acids is 1. The molecule has 0 N–H and O–H groups in total. The molecule has 0 saturated heterocycles. The van der Waals surface area contributed by atoms with Gasteiger partial charge in [0.05, 0.1) is 5.92 Å². The summed E-state index contributed by atoms with van der Waals surface area (Å²) in [4.78, 5) is 15.2. The van der Waals surface area contributed by atoms with Crippen LogP contribution in [0.1, 0.15) is 35.4 Å². The molecule has 2 nitrogen and oxygen atoms in total. The van der Waals surface area contributed by atoms with Crippen molar-refractivity contribution in [2.75, 3.05) is 6.54 Å². The van der Waals surface area contributed by atoms with Crippen LogP contribution in [-0.2, 0) is 17.8 Å². The lowest BCUT2D eigenvalue weighted by molar-refractivity contribution is -0.134. The monoisotopic (exact) mass is 291 g/mol. The van der Waals surface area contributed by atoms with Crippen LogP contribution >= 0.6 is 0 Å². The Bertz CT molecular complexity index is 675. The molecule has 1 saturated carbocycles. The van der Waals surface area contributed by atoms with Gasteiger partial charge in [-0.1, -0.05) is 54.6 Å². The molecule has 2 heteroatoms. The lowest BCUT2D eigenvalue weighted by Crippen LogP contribution is -2.39. The predicted molar refractivity (Wildman–Crippen MR) is 87.5 cm³/mol. The van der Waals surface area contributed by atoms with Crippen LogP contribution in [0.15, 0.2) is 54.6 Å². The number of hydrogen-bond donors (Lipinski definition) is 0. The van der Waals surface area contributed by atoms with Crippen LogP contribution in [0, 0.1) is 5.92 Å². The summed E-state index contributed by atoms with van der Waals surface area (Å²) >= 11 is 0. The zero-order chi connectivity index (χ0) is 14.9. The molecule has 1 heterocycles.